The van der Waals surface area contributed by atoms with Gasteiger partial charge < -0.3 is 9.15 Å². The zero-order valence-electron chi connectivity index (χ0n) is 15.3. The second-order valence-corrected chi connectivity index (χ2v) is 6.31. The Balaban J connectivity index is 1.51. The van der Waals surface area contributed by atoms with E-state index in [-0.39, 0.29) is 17.3 Å². The molecule has 2 N–H and O–H groups in total. The molecular weight excluding hydrogens is 398 g/mol. The molecule has 0 atom stereocenters. The Kier molecular flexibility index (Phi) is 6.25. The second-order valence-electron chi connectivity index (χ2n) is 5.88. The minimum atomic E-state index is -0.812. The molecule has 29 heavy (non-hydrogen) atoms. The summed E-state index contributed by atoms with van der Waals surface area (Å²) in [5, 5.41) is 0.482. The summed E-state index contributed by atoms with van der Waals surface area (Å²) in [6.45, 7) is 0.967. The maximum Gasteiger partial charge on any atom is 0.361 e. The number of nitrogens with zero attached hydrogens (tertiary/aromatic N) is 1. The first-order valence-electron chi connectivity index (χ1n) is 8.49. The molecule has 1 aromatic heterocycles. The van der Waals surface area contributed by atoms with Gasteiger partial charge in [-0.15, -0.1) is 0 Å². The first-order chi connectivity index (χ1) is 13.9. The van der Waals surface area contributed by atoms with Crippen molar-refractivity contribution < 1.29 is 23.5 Å². The Labute approximate surface area is 170 Å². The van der Waals surface area contributed by atoms with Crippen molar-refractivity contribution in [2.75, 3.05) is 6.61 Å². The molecule has 148 valence electrons. The van der Waals surface area contributed by atoms with Crippen molar-refractivity contribution in [3.05, 3.63) is 76.6 Å². The van der Waals surface area contributed by atoms with E-state index in [0.29, 0.717) is 16.1 Å². The van der Waals surface area contributed by atoms with Crippen molar-refractivity contribution in [3.63, 3.8) is 0 Å². The number of oxazole rings is 1. The molecule has 9 heteroatoms. The maximum atomic E-state index is 12.2. The second kappa shape index (κ2) is 9.03. The van der Waals surface area contributed by atoms with Gasteiger partial charge >= 0.3 is 5.97 Å². The van der Waals surface area contributed by atoms with Gasteiger partial charge in [0.1, 0.15) is 5.76 Å². The monoisotopic (exact) mass is 413 g/mol. The topological polar surface area (TPSA) is 111 Å². The number of hydrazine groups is 1. The molecule has 0 radical (unpaired) electrons. The zero-order chi connectivity index (χ0) is 20.8. The van der Waals surface area contributed by atoms with Crippen LogP contribution in [0, 0.1) is 6.92 Å². The molecular formula is C20H16ClN3O5. The van der Waals surface area contributed by atoms with Gasteiger partial charge in [-0.05, 0) is 43.3 Å². The van der Waals surface area contributed by atoms with Gasteiger partial charge in [-0.25, -0.2) is 9.78 Å². The van der Waals surface area contributed by atoms with Crippen LogP contribution < -0.4 is 10.9 Å². The molecule has 2 aromatic carbocycles. The van der Waals surface area contributed by atoms with Crippen LogP contribution in [0.25, 0.3) is 11.5 Å². The molecule has 0 unspecified atom stereocenters. The van der Waals surface area contributed by atoms with Crippen LogP contribution in [0.5, 0.6) is 0 Å². The lowest BCUT2D eigenvalue weighted by Crippen LogP contribution is -2.43. The number of amides is 2. The SMILES string of the molecule is Cc1oc(-c2ccccc2)nc1C(=O)OCC(=O)NNC(=O)c1ccc(Cl)cc1. The first-order valence-corrected chi connectivity index (χ1v) is 8.86. The van der Waals surface area contributed by atoms with Crippen molar-refractivity contribution in [1.29, 1.82) is 0 Å². The summed E-state index contributed by atoms with van der Waals surface area (Å²) >= 11 is 5.75. The number of aryl methyl sites for hydroxylation is 1. The number of hydrogen-bond donors (Lipinski definition) is 2. The number of nitrogens with one attached hydrogen (secondary N) is 2. The number of hydrogen-bond acceptors (Lipinski definition) is 6. The van der Waals surface area contributed by atoms with Gasteiger partial charge in [-0.1, -0.05) is 29.8 Å². The maximum absolute atomic E-state index is 12.2. The molecule has 0 aliphatic carbocycles. The van der Waals surface area contributed by atoms with Gasteiger partial charge in [0.25, 0.3) is 11.8 Å². The van der Waals surface area contributed by atoms with Crippen LogP contribution in [0.3, 0.4) is 0 Å². The number of aromatic nitrogens is 1. The summed E-state index contributed by atoms with van der Waals surface area (Å²) < 4.78 is 10.4. The molecule has 0 saturated carbocycles. The average molecular weight is 414 g/mol. The van der Waals surface area contributed by atoms with E-state index in [4.69, 9.17) is 20.8 Å². The number of esters is 1. The Morgan fingerprint density at radius 1 is 1.03 bits per heavy atom. The molecule has 0 fully saturated rings. The highest BCUT2D eigenvalue weighted by Crippen LogP contribution is 2.21. The largest absolute Gasteiger partial charge is 0.451 e. The molecule has 1 heterocycles. The van der Waals surface area contributed by atoms with Crippen LogP contribution in [0.1, 0.15) is 26.6 Å². The summed E-state index contributed by atoms with van der Waals surface area (Å²) in [5.74, 6) is -1.53. The Hall–Kier alpha value is -3.65. The highest BCUT2D eigenvalue weighted by atomic mass is 35.5. The quantitative estimate of drug-likeness (QED) is 0.491. The van der Waals surface area contributed by atoms with Crippen LogP contribution in [-0.4, -0.2) is 29.4 Å². The van der Waals surface area contributed by atoms with Crippen molar-refractivity contribution in [3.8, 4) is 11.5 Å². The van der Waals surface area contributed by atoms with Crippen LogP contribution >= 0.6 is 11.6 Å². The molecule has 0 bridgehead atoms. The third kappa shape index (κ3) is 5.20. The third-order valence-electron chi connectivity index (χ3n) is 3.77. The highest BCUT2D eigenvalue weighted by Gasteiger charge is 2.20. The van der Waals surface area contributed by atoms with Crippen molar-refractivity contribution in [2.24, 2.45) is 0 Å². The first kappa shape index (κ1) is 20.1. The molecule has 3 rings (SSSR count). The van der Waals surface area contributed by atoms with Crippen molar-refractivity contribution >= 4 is 29.4 Å². The van der Waals surface area contributed by atoms with E-state index in [1.807, 2.05) is 18.2 Å². The van der Waals surface area contributed by atoms with Gasteiger partial charge in [0.15, 0.2) is 12.3 Å². The van der Waals surface area contributed by atoms with Gasteiger partial charge in [0.05, 0.1) is 0 Å². The lowest BCUT2D eigenvalue weighted by molar-refractivity contribution is -0.125. The number of carbonyl (C=O) groups is 3. The van der Waals surface area contributed by atoms with E-state index in [2.05, 4.69) is 15.8 Å². The highest BCUT2D eigenvalue weighted by molar-refractivity contribution is 6.30. The van der Waals surface area contributed by atoms with Gasteiger partial charge in [0, 0.05) is 16.1 Å². The average Bonchev–Trinajstić information content (AvgIpc) is 3.13. The minimum Gasteiger partial charge on any atom is -0.451 e. The fraction of sp³-hybridized carbons (Fsp3) is 0.100. The van der Waals surface area contributed by atoms with Crippen LogP contribution in [0.4, 0.5) is 0 Å². The minimum absolute atomic E-state index is 0.0261. The summed E-state index contributed by atoms with van der Waals surface area (Å²) in [4.78, 5) is 40.0. The lowest BCUT2D eigenvalue weighted by Gasteiger charge is -2.07. The lowest BCUT2D eigenvalue weighted by atomic mass is 10.2. The number of rotatable bonds is 5. The molecule has 2 amide bonds. The predicted octanol–water partition coefficient (Wildman–Crippen LogP) is 2.92. The van der Waals surface area contributed by atoms with E-state index < -0.39 is 24.4 Å². The van der Waals surface area contributed by atoms with E-state index in [0.717, 1.165) is 0 Å². The zero-order valence-corrected chi connectivity index (χ0v) is 16.0. The van der Waals surface area contributed by atoms with Gasteiger partial charge in [-0.3, -0.25) is 20.4 Å². The normalized spacial score (nSPS) is 10.3. The Morgan fingerprint density at radius 2 is 1.72 bits per heavy atom. The van der Waals surface area contributed by atoms with E-state index in [9.17, 15) is 14.4 Å². The molecule has 0 saturated heterocycles. The standard InChI is InChI=1S/C20H16ClN3O5/c1-12-17(22-19(29-12)14-5-3-2-4-6-14)20(27)28-11-16(25)23-24-18(26)13-7-9-15(21)10-8-13/h2-10H,11H2,1H3,(H,23,25)(H,24,26). The fourth-order valence-corrected chi connectivity index (χ4v) is 2.45. The Bertz CT molecular complexity index is 1030. The molecule has 3 aromatic rings. The predicted molar refractivity (Wildman–Crippen MR) is 104 cm³/mol. The van der Waals surface area contributed by atoms with Gasteiger partial charge in [0.2, 0.25) is 5.89 Å². The Morgan fingerprint density at radius 3 is 2.41 bits per heavy atom. The van der Waals surface area contributed by atoms with E-state index in [1.165, 1.54) is 12.1 Å². The summed E-state index contributed by atoms with van der Waals surface area (Å²) in [6, 6.07) is 15.1. The molecule has 0 aliphatic rings. The smallest absolute Gasteiger partial charge is 0.361 e. The van der Waals surface area contributed by atoms with Crippen LogP contribution in [0.2, 0.25) is 5.02 Å². The molecule has 8 nitrogen and oxygen atoms in total. The van der Waals surface area contributed by atoms with Gasteiger partial charge in [-0.2, -0.15) is 0 Å². The van der Waals surface area contributed by atoms with Crippen molar-refractivity contribution in [1.82, 2.24) is 15.8 Å². The van der Waals surface area contributed by atoms with Crippen LogP contribution in [0.15, 0.2) is 59.0 Å². The van der Waals surface area contributed by atoms with E-state index in [1.54, 1.807) is 31.2 Å². The number of halogens is 1. The third-order valence-corrected chi connectivity index (χ3v) is 4.02. The van der Waals surface area contributed by atoms with E-state index >= 15 is 0 Å². The fourth-order valence-electron chi connectivity index (χ4n) is 2.33. The number of benzene rings is 2. The molecule has 0 aliphatic heterocycles. The summed E-state index contributed by atoms with van der Waals surface area (Å²) in [6.07, 6.45) is 0. The van der Waals surface area contributed by atoms with Crippen molar-refractivity contribution in [2.45, 2.75) is 6.92 Å². The number of carbonyl (C=O) groups excluding carboxylic acids is 3. The van der Waals surface area contributed by atoms with Crippen LogP contribution in [-0.2, 0) is 9.53 Å². The summed E-state index contributed by atoms with van der Waals surface area (Å²) in [5.41, 5.74) is 5.35. The molecule has 0 spiro atoms. The number of ether oxygens (including phenoxy) is 1. The summed E-state index contributed by atoms with van der Waals surface area (Å²) in [7, 11) is 0.